The standard InChI is InChI=1S/C11H21NO3S/c1-9-8-12-11(2,15-9)7-10-3-5-16(13,14)6-4-10/h9-10,12H,3-8H2,1-2H3. The van der Waals surface area contributed by atoms with Crippen molar-refractivity contribution in [3.63, 3.8) is 0 Å². The third-order valence-corrected chi connectivity index (χ3v) is 5.29. The summed E-state index contributed by atoms with van der Waals surface area (Å²) in [5, 5.41) is 3.38. The van der Waals surface area contributed by atoms with Gasteiger partial charge in [-0.1, -0.05) is 0 Å². The first-order valence-corrected chi connectivity index (χ1v) is 7.84. The molecule has 2 aliphatic rings. The first kappa shape index (κ1) is 12.3. The molecule has 0 aromatic carbocycles. The van der Waals surface area contributed by atoms with Crippen LogP contribution in [0.2, 0.25) is 0 Å². The molecule has 1 N–H and O–H groups in total. The van der Waals surface area contributed by atoms with Gasteiger partial charge in [-0.15, -0.1) is 0 Å². The van der Waals surface area contributed by atoms with E-state index in [4.69, 9.17) is 4.74 Å². The van der Waals surface area contributed by atoms with Crippen LogP contribution in [0.3, 0.4) is 0 Å². The molecular formula is C11H21NO3S. The van der Waals surface area contributed by atoms with Crippen LogP contribution in [-0.4, -0.2) is 38.3 Å². The van der Waals surface area contributed by atoms with Gasteiger partial charge in [-0.2, -0.15) is 0 Å². The van der Waals surface area contributed by atoms with Crippen LogP contribution in [0.25, 0.3) is 0 Å². The Morgan fingerprint density at radius 1 is 1.38 bits per heavy atom. The third-order valence-electron chi connectivity index (χ3n) is 3.58. The fraction of sp³-hybridized carbons (Fsp3) is 1.00. The Labute approximate surface area is 97.7 Å². The van der Waals surface area contributed by atoms with Crippen molar-refractivity contribution in [2.75, 3.05) is 18.1 Å². The maximum Gasteiger partial charge on any atom is 0.150 e. The average molecular weight is 247 g/mol. The predicted molar refractivity (Wildman–Crippen MR) is 62.9 cm³/mol. The Morgan fingerprint density at radius 2 is 2.00 bits per heavy atom. The number of hydrogen-bond acceptors (Lipinski definition) is 4. The van der Waals surface area contributed by atoms with Crippen LogP contribution in [0.5, 0.6) is 0 Å². The largest absolute Gasteiger partial charge is 0.357 e. The van der Waals surface area contributed by atoms with Crippen molar-refractivity contribution in [3.05, 3.63) is 0 Å². The molecule has 0 spiro atoms. The lowest BCUT2D eigenvalue weighted by atomic mass is 9.93. The van der Waals surface area contributed by atoms with Gasteiger partial charge < -0.3 is 4.74 Å². The Kier molecular flexibility index (Phi) is 3.29. The summed E-state index contributed by atoms with van der Waals surface area (Å²) in [4.78, 5) is 0. The molecule has 0 amide bonds. The fourth-order valence-electron chi connectivity index (χ4n) is 2.70. The smallest absolute Gasteiger partial charge is 0.150 e. The van der Waals surface area contributed by atoms with E-state index in [1.54, 1.807) is 0 Å². The first-order valence-electron chi connectivity index (χ1n) is 6.02. The Hall–Kier alpha value is -0.130. The molecule has 2 rings (SSSR count). The summed E-state index contributed by atoms with van der Waals surface area (Å²) in [5.74, 6) is 1.18. The van der Waals surface area contributed by atoms with Crippen LogP contribution in [-0.2, 0) is 14.6 Å². The summed E-state index contributed by atoms with van der Waals surface area (Å²) in [6, 6.07) is 0. The van der Waals surface area contributed by atoms with E-state index in [2.05, 4.69) is 19.2 Å². The number of ether oxygens (including phenoxy) is 1. The van der Waals surface area contributed by atoms with Gasteiger partial charge in [-0.25, -0.2) is 8.42 Å². The summed E-state index contributed by atoms with van der Waals surface area (Å²) in [7, 11) is -2.74. The molecule has 2 unspecified atom stereocenters. The predicted octanol–water partition coefficient (Wildman–Crippen LogP) is 0.926. The molecule has 2 saturated heterocycles. The van der Waals surface area contributed by atoms with Crippen molar-refractivity contribution in [2.45, 2.75) is 44.9 Å². The maximum absolute atomic E-state index is 11.3. The molecule has 0 saturated carbocycles. The molecule has 0 aromatic heterocycles. The molecule has 2 aliphatic heterocycles. The minimum atomic E-state index is -2.74. The van der Waals surface area contributed by atoms with E-state index in [0.717, 1.165) is 25.8 Å². The highest BCUT2D eigenvalue weighted by atomic mass is 32.2. The summed E-state index contributed by atoms with van der Waals surface area (Å²) < 4.78 is 28.5. The number of nitrogens with one attached hydrogen (secondary N) is 1. The SMILES string of the molecule is CC1CNC(C)(CC2CCS(=O)(=O)CC2)O1. The quantitative estimate of drug-likeness (QED) is 0.788. The van der Waals surface area contributed by atoms with Crippen LogP contribution >= 0.6 is 0 Å². The van der Waals surface area contributed by atoms with E-state index >= 15 is 0 Å². The van der Waals surface area contributed by atoms with E-state index < -0.39 is 9.84 Å². The molecule has 2 atom stereocenters. The highest BCUT2D eigenvalue weighted by molar-refractivity contribution is 7.91. The zero-order chi connectivity index (χ0) is 11.8. The molecule has 0 aromatic rings. The Bertz CT molecular complexity index is 340. The van der Waals surface area contributed by atoms with Gasteiger partial charge in [0, 0.05) is 6.54 Å². The van der Waals surface area contributed by atoms with Crippen molar-refractivity contribution in [1.29, 1.82) is 0 Å². The van der Waals surface area contributed by atoms with Gasteiger partial charge >= 0.3 is 0 Å². The summed E-state index contributed by atoms with van der Waals surface area (Å²) in [5.41, 5.74) is -0.245. The van der Waals surface area contributed by atoms with Crippen molar-refractivity contribution in [2.24, 2.45) is 5.92 Å². The van der Waals surface area contributed by atoms with Crippen molar-refractivity contribution < 1.29 is 13.2 Å². The number of hydrogen-bond donors (Lipinski definition) is 1. The molecule has 0 aliphatic carbocycles. The van der Waals surface area contributed by atoms with Gasteiger partial charge in [0.2, 0.25) is 0 Å². The van der Waals surface area contributed by atoms with Crippen LogP contribution in [0.4, 0.5) is 0 Å². The lowest BCUT2D eigenvalue weighted by Crippen LogP contribution is -2.41. The molecule has 0 radical (unpaired) electrons. The van der Waals surface area contributed by atoms with E-state index in [0.29, 0.717) is 17.4 Å². The number of rotatable bonds is 2. The molecule has 4 nitrogen and oxygen atoms in total. The highest BCUT2D eigenvalue weighted by Gasteiger charge is 2.37. The molecule has 16 heavy (non-hydrogen) atoms. The molecule has 2 heterocycles. The fourth-order valence-corrected chi connectivity index (χ4v) is 4.29. The lowest BCUT2D eigenvalue weighted by Gasteiger charge is -2.31. The molecule has 0 bridgehead atoms. The Balaban J connectivity index is 1.87. The minimum absolute atomic E-state index is 0.245. The average Bonchev–Trinajstić information content (AvgIpc) is 2.50. The van der Waals surface area contributed by atoms with Crippen molar-refractivity contribution in [3.8, 4) is 0 Å². The monoisotopic (exact) mass is 247 g/mol. The summed E-state index contributed by atoms with van der Waals surface area (Å²) >= 11 is 0. The van der Waals surface area contributed by atoms with Crippen molar-refractivity contribution >= 4 is 9.84 Å². The van der Waals surface area contributed by atoms with E-state index in [-0.39, 0.29) is 11.8 Å². The van der Waals surface area contributed by atoms with Gasteiger partial charge in [-0.3, -0.25) is 5.32 Å². The highest BCUT2D eigenvalue weighted by Crippen LogP contribution is 2.30. The van der Waals surface area contributed by atoms with Crippen molar-refractivity contribution in [1.82, 2.24) is 5.32 Å². The Morgan fingerprint density at radius 3 is 2.50 bits per heavy atom. The first-order chi connectivity index (χ1) is 7.39. The van der Waals surface area contributed by atoms with Gasteiger partial charge in [0.15, 0.2) is 0 Å². The van der Waals surface area contributed by atoms with E-state index in [1.165, 1.54) is 0 Å². The van der Waals surface area contributed by atoms with E-state index in [9.17, 15) is 8.42 Å². The minimum Gasteiger partial charge on any atom is -0.357 e. The topological polar surface area (TPSA) is 55.4 Å². The molecule has 2 fully saturated rings. The lowest BCUT2D eigenvalue weighted by molar-refractivity contribution is -0.0466. The summed E-state index contributed by atoms with van der Waals surface area (Å²) in [6.07, 6.45) is 2.76. The van der Waals surface area contributed by atoms with E-state index in [1.807, 2.05) is 0 Å². The van der Waals surface area contributed by atoms with Crippen LogP contribution in [0.1, 0.15) is 33.1 Å². The second kappa shape index (κ2) is 4.27. The van der Waals surface area contributed by atoms with Gasteiger partial charge in [0.1, 0.15) is 15.6 Å². The third kappa shape index (κ3) is 2.96. The van der Waals surface area contributed by atoms with Crippen LogP contribution in [0, 0.1) is 5.92 Å². The number of sulfone groups is 1. The maximum atomic E-state index is 11.3. The van der Waals surface area contributed by atoms with Crippen LogP contribution in [0.15, 0.2) is 0 Å². The molecular weight excluding hydrogens is 226 g/mol. The summed E-state index contributed by atoms with van der Waals surface area (Å²) in [6.45, 7) is 5.02. The van der Waals surface area contributed by atoms with Gasteiger partial charge in [-0.05, 0) is 39.0 Å². The zero-order valence-corrected chi connectivity index (χ0v) is 10.8. The second-order valence-corrected chi connectivity index (χ2v) is 7.64. The normalized spacial score (nSPS) is 40.0. The second-order valence-electron chi connectivity index (χ2n) is 5.34. The zero-order valence-electron chi connectivity index (χ0n) is 10.0. The van der Waals surface area contributed by atoms with Crippen LogP contribution < -0.4 is 5.32 Å². The molecule has 94 valence electrons. The molecule has 5 heteroatoms. The van der Waals surface area contributed by atoms with Gasteiger partial charge in [0.05, 0.1) is 17.6 Å². The van der Waals surface area contributed by atoms with Gasteiger partial charge in [0.25, 0.3) is 0 Å².